The van der Waals surface area contributed by atoms with E-state index >= 15 is 0 Å². The number of hydrogen-bond acceptors (Lipinski definition) is 4. The lowest BCUT2D eigenvalue weighted by molar-refractivity contribution is 0.469. The van der Waals surface area contributed by atoms with Crippen molar-refractivity contribution in [3.8, 4) is 0 Å². The largest absolute Gasteiger partial charge is 0.351 e. The molecule has 1 aliphatic carbocycles. The van der Waals surface area contributed by atoms with E-state index < -0.39 is 16.0 Å². The van der Waals surface area contributed by atoms with E-state index in [1.54, 1.807) is 6.07 Å². The third kappa shape index (κ3) is 4.18. The normalized spacial score (nSPS) is 14.5. The number of aromatic nitrogens is 1. The summed E-state index contributed by atoms with van der Waals surface area (Å²) in [4.78, 5) is 12.0. The van der Waals surface area contributed by atoms with Gasteiger partial charge in [-0.05, 0) is 53.6 Å². The number of nitrogens with one attached hydrogen (secondary N) is 2. The summed E-state index contributed by atoms with van der Waals surface area (Å²) >= 11 is 1.99. The lowest BCUT2D eigenvalue weighted by Gasteiger charge is -2.20. The summed E-state index contributed by atoms with van der Waals surface area (Å²) in [5, 5.41) is 2.81. The number of benzene rings is 1. The van der Waals surface area contributed by atoms with Gasteiger partial charge in [-0.25, -0.2) is 4.39 Å². The van der Waals surface area contributed by atoms with E-state index in [1.165, 1.54) is 47.4 Å². The standard InChI is InChI=1S/C16H18FIN4O3S/c1-21-9-15(20-26(24,25)22(2)11-4-5-11)14(8-16(21)23)19-13-6-3-10(18)7-12(13)17/h3,6-9,11,19-20H,4-5H2,1-2H3. The van der Waals surface area contributed by atoms with Gasteiger partial charge in [0.05, 0.1) is 17.1 Å². The van der Waals surface area contributed by atoms with Crippen molar-refractivity contribution in [2.45, 2.75) is 18.9 Å². The first-order valence-corrected chi connectivity index (χ1v) is 10.4. The molecule has 1 saturated carbocycles. The molecule has 26 heavy (non-hydrogen) atoms. The maximum Gasteiger partial charge on any atom is 0.301 e. The highest BCUT2D eigenvalue weighted by Gasteiger charge is 2.34. The predicted molar refractivity (Wildman–Crippen MR) is 107 cm³/mol. The molecule has 7 nitrogen and oxygen atoms in total. The molecule has 10 heteroatoms. The zero-order valence-corrected chi connectivity index (χ0v) is 17.1. The first-order valence-electron chi connectivity index (χ1n) is 7.86. The molecule has 0 bridgehead atoms. The van der Waals surface area contributed by atoms with Crippen LogP contribution in [0.5, 0.6) is 0 Å². The Morgan fingerprint density at radius 3 is 2.54 bits per heavy atom. The molecule has 2 aromatic rings. The summed E-state index contributed by atoms with van der Waals surface area (Å²) in [6, 6.07) is 5.80. The van der Waals surface area contributed by atoms with Crippen molar-refractivity contribution >= 4 is 49.9 Å². The van der Waals surface area contributed by atoms with Crippen LogP contribution in [0.3, 0.4) is 0 Å². The van der Waals surface area contributed by atoms with Crippen LogP contribution < -0.4 is 15.6 Å². The molecule has 1 heterocycles. The third-order valence-electron chi connectivity index (χ3n) is 4.11. The van der Waals surface area contributed by atoms with Gasteiger partial charge in [0.2, 0.25) is 0 Å². The molecule has 3 rings (SSSR count). The van der Waals surface area contributed by atoms with E-state index in [9.17, 15) is 17.6 Å². The lowest BCUT2D eigenvalue weighted by atomic mass is 10.2. The Morgan fingerprint density at radius 1 is 1.23 bits per heavy atom. The van der Waals surface area contributed by atoms with Gasteiger partial charge < -0.3 is 9.88 Å². The molecule has 0 amide bonds. The number of anilines is 3. The molecular formula is C16H18FIN4O3S. The lowest BCUT2D eigenvalue weighted by Crippen LogP contribution is -2.34. The topological polar surface area (TPSA) is 83.4 Å². The van der Waals surface area contributed by atoms with E-state index in [2.05, 4.69) is 10.0 Å². The Kier molecular flexibility index (Phi) is 5.26. The van der Waals surface area contributed by atoms with Gasteiger partial charge in [0.1, 0.15) is 5.82 Å². The molecule has 0 radical (unpaired) electrons. The summed E-state index contributed by atoms with van der Waals surface area (Å²) in [5.41, 5.74) is 0.144. The minimum Gasteiger partial charge on any atom is -0.351 e. The van der Waals surface area contributed by atoms with Crippen LogP contribution in [-0.4, -0.2) is 30.4 Å². The molecule has 2 N–H and O–H groups in total. The number of pyridine rings is 1. The second kappa shape index (κ2) is 7.16. The highest BCUT2D eigenvalue weighted by atomic mass is 127. The van der Waals surface area contributed by atoms with Crippen LogP contribution in [0.4, 0.5) is 21.5 Å². The molecule has 0 unspecified atom stereocenters. The van der Waals surface area contributed by atoms with Gasteiger partial charge in [-0.3, -0.25) is 9.52 Å². The third-order valence-corrected chi connectivity index (χ3v) is 6.31. The second-order valence-corrected chi connectivity index (χ2v) is 9.13. The number of rotatable bonds is 6. The van der Waals surface area contributed by atoms with Crippen molar-refractivity contribution < 1.29 is 12.8 Å². The minimum absolute atomic E-state index is 0.00918. The molecule has 1 aliphatic rings. The maximum absolute atomic E-state index is 14.1. The van der Waals surface area contributed by atoms with Crippen LogP contribution >= 0.6 is 22.6 Å². The van der Waals surface area contributed by atoms with Crippen molar-refractivity contribution in [3.63, 3.8) is 0 Å². The van der Waals surface area contributed by atoms with Crippen molar-refractivity contribution in [3.05, 3.63) is 50.2 Å². The average molecular weight is 492 g/mol. The van der Waals surface area contributed by atoms with Crippen LogP contribution in [0.25, 0.3) is 0 Å². The number of hydrogen-bond donors (Lipinski definition) is 2. The first-order chi connectivity index (χ1) is 12.2. The van der Waals surface area contributed by atoms with Crippen molar-refractivity contribution in [2.75, 3.05) is 17.1 Å². The van der Waals surface area contributed by atoms with Gasteiger partial charge in [0.15, 0.2) is 0 Å². The summed E-state index contributed by atoms with van der Waals surface area (Å²) in [7, 11) is -0.757. The quantitative estimate of drug-likeness (QED) is 0.608. The molecule has 1 aromatic carbocycles. The van der Waals surface area contributed by atoms with Gasteiger partial charge in [0, 0.05) is 36.0 Å². The highest BCUT2D eigenvalue weighted by molar-refractivity contribution is 14.1. The molecule has 0 atom stereocenters. The highest BCUT2D eigenvalue weighted by Crippen LogP contribution is 2.31. The fourth-order valence-corrected chi connectivity index (χ4v) is 4.04. The van der Waals surface area contributed by atoms with Crippen LogP contribution in [0, 0.1) is 9.39 Å². The Hall–Kier alpha value is -1.66. The molecule has 0 saturated heterocycles. The fraction of sp³-hybridized carbons (Fsp3) is 0.312. The van der Waals surface area contributed by atoms with Crippen molar-refractivity contribution in [1.82, 2.24) is 8.87 Å². The van der Waals surface area contributed by atoms with Crippen LogP contribution in [0.2, 0.25) is 0 Å². The van der Waals surface area contributed by atoms with E-state index in [-0.39, 0.29) is 28.7 Å². The predicted octanol–water partition coefficient (Wildman–Crippen LogP) is 2.62. The second-order valence-electron chi connectivity index (χ2n) is 6.15. The number of halogens is 2. The molecule has 1 aromatic heterocycles. The SMILES string of the molecule is CN(C1CC1)S(=O)(=O)Nc1cn(C)c(=O)cc1Nc1ccc(I)cc1F. The maximum atomic E-state index is 14.1. The van der Waals surface area contributed by atoms with Crippen LogP contribution in [0.15, 0.2) is 35.3 Å². The van der Waals surface area contributed by atoms with Crippen LogP contribution in [-0.2, 0) is 17.3 Å². The zero-order chi connectivity index (χ0) is 19.1. The summed E-state index contributed by atoms with van der Waals surface area (Å²) < 4.78 is 44.9. The average Bonchev–Trinajstić information content (AvgIpc) is 3.38. The number of nitrogens with zero attached hydrogens (tertiary/aromatic N) is 2. The van der Waals surface area contributed by atoms with Gasteiger partial charge >= 0.3 is 10.2 Å². The molecule has 0 aliphatic heterocycles. The van der Waals surface area contributed by atoms with Gasteiger partial charge in [-0.1, -0.05) is 0 Å². The molecule has 1 fully saturated rings. The van der Waals surface area contributed by atoms with Crippen molar-refractivity contribution in [1.29, 1.82) is 0 Å². The molecule has 140 valence electrons. The van der Waals surface area contributed by atoms with Crippen LogP contribution in [0.1, 0.15) is 12.8 Å². The molecule has 0 spiro atoms. The summed E-state index contributed by atoms with van der Waals surface area (Å²) in [6.07, 6.45) is 3.01. The zero-order valence-electron chi connectivity index (χ0n) is 14.2. The first kappa shape index (κ1) is 19.1. The fourth-order valence-electron chi connectivity index (χ4n) is 2.40. The van der Waals surface area contributed by atoms with Gasteiger partial charge in [-0.2, -0.15) is 12.7 Å². The van der Waals surface area contributed by atoms with E-state index in [4.69, 9.17) is 0 Å². The monoisotopic (exact) mass is 492 g/mol. The van der Waals surface area contributed by atoms with E-state index in [0.29, 0.717) is 0 Å². The number of aryl methyl sites for hydroxylation is 1. The molecular weight excluding hydrogens is 474 g/mol. The van der Waals surface area contributed by atoms with Gasteiger partial charge in [-0.15, -0.1) is 0 Å². The Labute approximate surface area is 164 Å². The van der Waals surface area contributed by atoms with E-state index in [0.717, 1.165) is 16.4 Å². The Balaban J connectivity index is 1.96. The smallest absolute Gasteiger partial charge is 0.301 e. The van der Waals surface area contributed by atoms with Crippen molar-refractivity contribution in [2.24, 2.45) is 7.05 Å². The summed E-state index contributed by atoms with van der Waals surface area (Å²) in [6.45, 7) is 0. The van der Waals surface area contributed by atoms with Gasteiger partial charge in [0.25, 0.3) is 5.56 Å². The Bertz CT molecular complexity index is 1010. The Morgan fingerprint density at radius 2 is 1.92 bits per heavy atom. The van der Waals surface area contributed by atoms with E-state index in [1.807, 2.05) is 22.6 Å². The minimum atomic E-state index is -3.78. The summed E-state index contributed by atoms with van der Waals surface area (Å²) in [5.74, 6) is -0.499.